The van der Waals surface area contributed by atoms with E-state index in [4.69, 9.17) is 5.73 Å². The van der Waals surface area contributed by atoms with E-state index in [-0.39, 0.29) is 5.69 Å². The number of H-pyrrole nitrogens is 2. The number of nitrogens with one attached hydrogen (secondary N) is 2. The van der Waals surface area contributed by atoms with Crippen molar-refractivity contribution >= 4 is 17.6 Å². The molecule has 0 saturated carbocycles. The highest BCUT2D eigenvalue weighted by atomic mass is 32.2. The summed E-state index contributed by atoms with van der Waals surface area (Å²) >= 11 is 1.24. The van der Waals surface area contributed by atoms with Crippen LogP contribution in [0.3, 0.4) is 0 Å². The molecule has 80 valence electrons. The fourth-order valence-corrected chi connectivity index (χ4v) is 1.90. The maximum Gasteiger partial charge on any atom is 0.343 e. The van der Waals surface area contributed by atoms with E-state index < -0.39 is 0 Å². The molecule has 0 fully saturated rings. The van der Waals surface area contributed by atoms with Crippen molar-refractivity contribution in [1.82, 2.24) is 24.7 Å². The van der Waals surface area contributed by atoms with E-state index in [0.29, 0.717) is 16.0 Å². The second-order valence-electron chi connectivity index (χ2n) is 3.01. The maximum absolute atomic E-state index is 11.1. The monoisotopic (exact) mass is 226 g/mol. The highest BCUT2D eigenvalue weighted by molar-refractivity contribution is 7.99. The lowest BCUT2D eigenvalue weighted by Gasteiger charge is -1.96. The second kappa shape index (κ2) is 3.46. The molecular weight excluding hydrogens is 216 g/mol. The van der Waals surface area contributed by atoms with Gasteiger partial charge in [0.15, 0.2) is 5.16 Å². The average molecular weight is 226 g/mol. The minimum absolute atomic E-state index is 0.261. The van der Waals surface area contributed by atoms with Crippen molar-refractivity contribution in [3.8, 4) is 0 Å². The molecule has 2 heterocycles. The summed E-state index contributed by atoms with van der Waals surface area (Å²) in [7, 11) is 1.63. The summed E-state index contributed by atoms with van der Waals surface area (Å²) in [6.07, 6.45) is 0. The summed E-state index contributed by atoms with van der Waals surface area (Å²) in [6.45, 7) is 1.81. The fourth-order valence-electron chi connectivity index (χ4n) is 1.08. The maximum atomic E-state index is 11.1. The van der Waals surface area contributed by atoms with Crippen LogP contribution in [-0.4, -0.2) is 24.7 Å². The number of nitrogens with zero attached hydrogens (tertiary/aromatic N) is 3. The Balaban J connectivity index is 2.33. The number of hydrogen-bond acceptors (Lipinski definition) is 5. The number of imidazole rings is 1. The van der Waals surface area contributed by atoms with Crippen LogP contribution in [-0.2, 0) is 7.05 Å². The standard InChI is InChI=1S/C7H10N6OS/c1-3-9-4(8)5(10-3)15-7-12-11-6(14)13(7)2/h8H2,1-2H3,(H,9,10)(H,11,14). The molecule has 2 aromatic rings. The Hall–Kier alpha value is -1.70. The summed E-state index contributed by atoms with van der Waals surface area (Å²) in [4.78, 5) is 18.1. The van der Waals surface area contributed by atoms with Crippen molar-refractivity contribution in [3.05, 3.63) is 16.3 Å². The first-order valence-electron chi connectivity index (χ1n) is 4.19. The molecule has 0 unspecified atom stereocenters. The first kappa shape index (κ1) is 9.84. The minimum atomic E-state index is -0.261. The molecule has 0 bridgehead atoms. The van der Waals surface area contributed by atoms with Crippen LogP contribution in [0.5, 0.6) is 0 Å². The van der Waals surface area contributed by atoms with Gasteiger partial charge in [-0.2, -0.15) is 0 Å². The molecule has 0 saturated heterocycles. The summed E-state index contributed by atoms with van der Waals surface area (Å²) in [6, 6.07) is 0. The molecule has 7 nitrogen and oxygen atoms in total. The zero-order valence-corrected chi connectivity index (χ0v) is 9.05. The SMILES string of the molecule is Cc1nc(Sc2n[nH]c(=O)n2C)c(N)[nH]1. The number of aryl methyl sites for hydroxylation is 1. The third-order valence-electron chi connectivity index (χ3n) is 1.84. The zero-order chi connectivity index (χ0) is 11.0. The Labute approximate surface area is 89.1 Å². The molecule has 4 N–H and O–H groups in total. The van der Waals surface area contributed by atoms with Crippen LogP contribution < -0.4 is 11.4 Å². The lowest BCUT2D eigenvalue weighted by atomic mass is 10.8. The quantitative estimate of drug-likeness (QED) is 0.661. The first-order chi connectivity index (χ1) is 7.08. The Morgan fingerprint density at radius 2 is 2.27 bits per heavy atom. The molecule has 0 radical (unpaired) electrons. The largest absolute Gasteiger partial charge is 0.383 e. The molecule has 0 aliphatic heterocycles. The molecule has 0 spiro atoms. The predicted molar refractivity (Wildman–Crippen MR) is 55.7 cm³/mol. The van der Waals surface area contributed by atoms with E-state index >= 15 is 0 Å². The van der Waals surface area contributed by atoms with Gasteiger partial charge in [0.2, 0.25) is 0 Å². The van der Waals surface area contributed by atoms with Gasteiger partial charge < -0.3 is 10.7 Å². The first-order valence-corrected chi connectivity index (χ1v) is 5.01. The van der Waals surface area contributed by atoms with Gasteiger partial charge in [-0.25, -0.2) is 14.9 Å². The fraction of sp³-hybridized carbons (Fsp3) is 0.286. The molecule has 0 amide bonds. The second-order valence-corrected chi connectivity index (χ2v) is 3.97. The summed E-state index contributed by atoms with van der Waals surface area (Å²) in [5.41, 5.74) is 5.42. The molecular formula is C7H10N6OS. The average Bonchev–Trinajstić information content (AvgIpc) is 2.64. The van der Waals surface area contributed by atoms with Gasteiger partial charge in [-0.05, 0) is 18.7 Å². The van der Waals surface area contributed by atoms with Crippen LogP contribution in [0.1, 0.15) is 5.82 Å². The molecule has 0 aromatic carbocycles. The number of nitrogen functional groups attached to an aromatic ring is 1. The molecule has 0 aliphatic carbocycles. The van der Waals surface area contributed by atoms with Crippen molar-refractivity contribution in [3.63, 3.8) is 0 Å². The third kappa shape index (κ3) is 1.75. The topological polar surface area (TPSA) is 105 Å². The van der Waals surface area contributed by atoms with Crippen molar-refractivity contribution in [2.75, 3.05) is 5.73 Å². The molecule has 2 aromatic heterocycles. The lowest BCUT2D eigenvalue weighted by Crippen LogP contribution is -2.12. The number of aromatic nitrogens is 5. The van der Waals surface area contributed by atoms with E-state index in [9.17, 15) is 4.79 Å². The van der Waals surface area contributed by atoms with Crippen LogP contribution in [0, 0.1) is 6.92 Å². The highest BCUT2D eigenvalue weighted by Gasteiger charge is 2.11. The minimum Gasteiger partial charge on any atom is -0.383 e. The van der Waals surface area contributed by atoms with E-state index in [1.54, 1.807) is 7.05 Å². The van der Waals surface area contributed by atoms with Gasteiger partial charge >= 0.3 is 5.69 Å². The normalized spacial score (nSPS) is 10.8. The van der Waals surface area contributed by atoms with Crippen molar-refractivity contribution in [1.29, 1.82) is 0 Å². The zero-order valence-electron chi connectivity index (χ0n) is 8.24. The van der Waals surface area contributed by atoms with Crippen molar-refractivity contribution < 1.29 is 0 Å². The van der Waals surface area contributed by atoms with Crippen molar-refractivity contribution in [2.45, 2.75) is 17.1 Å². The molecule has 15 heavy (non-hydrogen) atoms. The van der Waals surface area contributed by atoms with Gasteiger partial charge in [-0.15, -0.1) is 5.10 Å². The van der Waals surface area contributed by atoms with Crippen LogP contribution in [0.4, 0.5) is 5.82 Å². The van der Waals surface area contributed by atoms with Gasteiger partial charge in [0, 0.05) is 7.05 Å². The van der Waals surface area contributed by atoms with Gasteiger partial charge in [0.25, 0.3) is 0 Å². The Bertz CT molecular complexity index is 538. The molecule has 0 atom stereocenters. The van der Waals surface area contributed by atoms with E-state index in [1.807, 2.05) is 6.92 Å². The molecule has 0 aliphatic rings. The van der Waals surface area contributed by atoms with Gasteiger partial charge in [0.05, 0.1) is 0 Å². The number of anilines is 1. The number of hydrogen-bond donors (Lipinski definition) is 3. The van der Waals surface area contributed by atoms with Crippen LogP contribution in [0.15, 0.2) is 15.0 Å². The van der Waals surface area contributed by atoms with E-state index in [2.05, 4.69) is 20.2 Å². The van der Waals surface area contributed by atoms with Crippen molar-refractivity contribution in [2.24, 2.45) is 7.05 Å². The molecule has 2 rings (SSSR count). The van der Waals surface area contributed by atoms with E-state index in [1.165, 1.54) is 16.3 Å². The van der Waals surface area contributed by atoms with Crippen LogP contribution in [0.2, 0.25) is 0 Å². The smallest absolute Gasteiger partial charge is 0.343 e. The Morgan fingerprint density at radius 1 is 1.53 bits per heavy atom. The van der Waals surface area contributed by atoms with Crippen LogP contribution in [0.25, 0.3) is 0 Å². The van der Waals surface area contributed by atoms with Gasteiger partial charge in [0.1, 0.15) is 16.7 Å². The Kier molecular flexibility index (Phi) is 2.27. The van der Waals surface area contributed by atoms with E-state index in [0.717, 1.165) is 5.82 Å². The summed E-state index contributed by atoms with van der Waals surface area (Å²) in [5, 5.41) is 7.33. The number of nitrogens with two attached hydrogens (primary N) is 1. The third-order valence-corrected chi connectivity index (χ3v) is 2.89. The van der Waals surface area contributed by atoms with Crippen LogP contribution >= 0.6 is 11.8 Å². The number of aromatic amines is 2. The summed E-state index contributed by atoms with van der Waals surface area (Å²) < 4.78 is 1.40. The molecule has 8 heteroatoms. The predicted octanol–water partition coefficient (Wildman–Crippen LogP) is -0.127. The lowest BCUT2D eigenvalue weighted by molar-refractivity contribution is 0.765. The highest BCUT2D eigenvalue weighted by Crippen LogP contribution is 2.27. The van der Waals surface area contributed by atoms with Gasteiger partial charge in [-0.3, -0.25) is 4.57 Å². The Morgan fingerprint density at radius 3 is 2.73 bits per heavy atom. The number of rotatable bonds is 2. The summed E-state index contributed by atoms with van der Waals surface area (Å²) in [5.74, 6) is 1.21. The van der Waals surface area contributed by atoms with Gasteiger partial charge in [-0.1, -0.05) is 0 Å².